The lowest BCUT2D eigenvalue weighted by Gasteiger charge is -2.10. The molecular weight excluding hydrogens is 392 g/mol. The Labute approximate surface area is 172 Å². The molecule has 2 aromatic carbocycles. The van der Waals surface area contributed by atoms with Crippen LogP contribution in [0, 0.1) is 0 Å². The second-order valence-corrected chi connectivity index (χ2v) is 7.11. The van der Waals surface area contributed by atoms with Crippen LogP contribution in [0.5, 0.6) is 11.5 Å². The Bertz CT molecular complexity index is 952. The lowest BCUT2D eigenvalue weighted by molar-refractivity contribution is -0.144. The number of benzene rings is 2. The van der Waals surface area contributed by atoms with Crippen molar-refractivity contribution in [3.8, 4) is 11.5 Å². The van der Waals surface area contributed by atoms with Crippen molar-refractivity contribution in [2.24, 2.45) is 4.99 Å². The van der Waals surface area contributed by atoms with E-state index in [1.165, 1.54) is 18.7 Å². The topological polar surface area (TPSA) is 97.2 Å². The van der Waals surface area contributed by atoms with Gasteiger partial charge in [-0.05, 0) is 73.6 Å². The third-order valence-corrected chi connectivity index (χ3v) is 4.78. The average molecular weight is 412 g/mol. The van der Waals surface area contributed by atoms with Gasteiger partial charge in [0.05, 0.1) is 17.2 Å². The van der Waals surface area contributed by atoms with Crippen LogP contribution in [0.4, 0.5) is 5.69 Å². The zero-order valence-electron chi connectivity index (χ0n) is 15.9. The number of carbonyl (C=O) groups excluding carboxylic acids is 1. The van der Waals surface area contributed by atoms with Crippen molar-refractivity contribution in [1.29, 1.82) is 0 Å². The van der Waals surface area contributed by atoms with Gasteiger partial charge in [0, 0.05) is 0 Å². The maximum atomic E-state index is 12.2. The molecule has 1 aliphatic heterocycles. The van der Waals surface area contributed by atoms with E-state index < -0.39 is 12.1 Å². The number of amidine groups is 1. The molecule has 29 heavy (non-hydrogen) atoms. The molecule has 2 N–H and O–H groups in total. The molecule has 3 rings (SSSR count). The predicted octanol–water partition coefficient (Wildman–Crippen LogP) is 3.83. The maximum absolute atomic E-state index is 12.2. The van der Waals surface area contributed by atoms with Crippen LogP contribution in [-0.2, 0) is 9.59 Å². The first-order chi connectivity index (χ1) is 13.9. The monoisotopic (exact) mass is 412 g/mol. The Morgan fingerprint density at radius 3 is 2.45 bits per heavy atom. The average Bonchev–Trinajstić information content (AvgIpc) is 3.04. The lowest BCUT2D eigenvalue weighted by atomic mass is 10.2. The number of aliphatic imine (C=N–C) groups is 1. The van der Waals surface area contributed by atoms with E-state index in [1.807, 2.05) is 31.2 Å². The van der Waals surface area contributed by atoms with Gasteiger partial charge >= 0.3 is 5.97 Å². The summed E-state index contributed by atoms with van der Waals surface area (Å²) in [5.41, 5.74) is 1.51. The second kappa shape index (κ2) is 9.29. The number of hydrogen-bond acceptors (Lipinski definition) is 6. The third kappa shape index (κ3) is 5.61. The van der Waals surface area contributed by atoms with Crippen LogP contribution >= 0.6 is 11.8 Å². The summed E-state index contributed by atoms with van der Waals surface area (Å²) >= 11 is 1.25. The smallest absolute Gasteiger partial charge is 0.344 e. The predicted molar refractivity (Wildman–Crippen MR) is 113 cm³/mol. The fraction of sp³-hybridized carbons (Fsp3) is 0.190. The molecular formula is C21H20N2O5S. The Morgan fingerprint density at radius 2 is 1.83 bits per heavy atom. The molecule has 0 unspecified atom stereocenters. The highest BCUT2D eigenvalue weighted by atomic mass is 32.2. The number of rotatable bonds is 7. The number of carboxylic acids is 1. The van der Waals surface area contributed by atoms with Crippen LogP contribution in [0.1, 0.15) is 19.4 Å². The van der Waals surface area contributed by atoms with Gasteiger partial charge in [-0.1, -0.05) is 12.1 Å². The quantitative estimate of drug-likeness (QED) is 0.671. The highest BCUT2D eigenvalue weighted by molar-refractivity contribution is 8.18. The van der Waals surface area contributed by atoms with Gasteiger partial charge in [-0.3, -0.25) is 4.79 Å². The first-order valence-electron chi connectivity index (χ1n) is 8.96. The number of hydrogen-bond donors (Lipinski definition) is 2. The Kier molecular flexibility index (Phi) is 6.56. The van der Waals surface area contributed by atoms with Gasteiger partial charge < -0.3 is 19.9 Å². The first kappa shape index (κ1) is 20.5. The number of carboxylic acid groups (broad SMARTS) is 1. The molecule has 0 radical (unpaired) electrons. The van der Waals surface area contributed by atoms with Crippen molar-refractivity contribution in [3.63, 3.8) is 0 Å². The van der Waals surface area contributed by atoms with E-state index in [9.17, 15) is 9.59 Å². The van der Waals surface area contributed by atoms with Gasteiger partial charge in [0.15, 0.2) is 11.3 Å². The Balaban J connectivity index is 1.68. The second-order valence-electron chi connectivity index (χ2n) is 6.08. The van der Waals surface area contributed by atoms with E-state index in [-0.39, 0.29) is 5.91 Å². The van der Waals surface area contributed by atoms with E-state index in [4.69, 9.17) is 14.6 Å². The summed E-state index contributed by atoms with van der Waals surface area (Å²) < 4.78 is 10.7. The van der Waals surface area contributed by atoms with Crippen LogP contribution < -0.4 is 14.8 Å². The summed E-state index contributed by atoms with van der Waals surface area (Å²) in [5, 5.41) is 12.1. The molecule has 0 saturated carbocycles. The number of aliphatic carboxylic acids is 1. The highest BCUT2D eigenvalue weighted by Crippen LogP contribution is 2.29. The van der Waals surface area contributed by atoms with Gasteiger partial charge in [-0.25, -0.2) is 9.79 Å². The molecule has 0 aromatic heterocycles. The minimum atomic E-state index is -1.03. The van der Waals surface area contributed by atoms with Crippen LogP contribution in [0.2, 0.25) is 0 Å². The molecule has 1 atom stereocenters. The summed E-state index contributed by atoms with van der Waals surface area (Å²) in [6, 6.07) is 14.1. The standard InChI is InChI=1S/C21H20N2O5S/c1-3-27-16-10-6-15(7-11-16)22-21-23-19(24)18(29-21)12-14-4-8-17(9-5-14)28-13(2)20(25)26/h4-13H,3H2,1-2H3,(H,25,26)(H,22,23,24)/b18-12+/t13-/m0/s1. The number of thioether (sulfide) groups is 1. The van der Waals surface area contributed by atoms with E-state index in [0.29, 0.717) is 28.1 Å². The van der Waals surface area contributed by atoms with Gasteiger partial charge in [0.2, 0.25) is 0 Å². The summed E-state index contributed by atoms with van der Waals surface area (Å²) in [6.45, 7) is 3.98. The molecule has 1 aliphatic rings. The minimum Gasteiger partial charge on any atom is -0.494 e. The summed E-state index contributed by atoms with van der Waals surface area (Å²) in [6.07, 6.45) is 0.808. The fourth-order valence-corrected chi connectivity index (χ4v) is 3.27. The number of nitrogens with zero attached hydrogens (tertiary/aromatic N) is 1. The summed E-state index contributed by atoms with van der Waals surface area (Å²) in [4.78, 5) is 28.0. The normalized spacial score (nSPS) is 17.2. The van der Waals surface area contributed by atoms with E-state index in [1.54, 1.807) is 30.3 Å². The Hall–Kier alpha value is -3.26. The minimum absolute atomic E-state index is 0.223. The van der Waals surface area contributed by atoms with Gasteiger partial charge in [-0.15, -0.1) is 0 Å². The highest BCUT2D eigenvalue weighted by Gasteiger charge is 2.23. The third-order valence-electron chi connectivity index (χ3n) is 3.87. The SMILES string of the molecule is CCOc1ccc(N=C2NC(=O)/C(=C\c3ccc(O[C@@H](C)C(=O)O)cc3)S2)cc1. The van der Waals surface area contributed by atoms with Gasteiger partial charge in [0.1, 0.15) is 11.5 Å². The number of nitrogens with one attached hydrogen (secondary N) is 1. The van der Waals surface area contributed by atoms with Gasteiger partial charge in [-0.2, -0.15) is 0 Å². The molecule has 1 fully saturated rings. The zero-order chi connectivity index (χ0) is 20.8. The van der Waals surface area contributed by atoms with Crippen molar-refractivity contribution >= 4 is 40.6 Å². The lowest BCUT2D eigenvalue weighted by Crippen LogP contribution is -2.22. The van der Waals surface area contributed by atoms with Gasteiger partial charge in [0.25, 0.3) is 5.91 Å². The molecule has 2 aromatic rings. The van der Waals surface area contributed by atoms with E-state index >= 15 is 0 Å². The van der Waals surface area contributed by atoms with Crippen molar-refractivity contribution < 1.29 is 24.2 Å². The molecule has 0 bridgehead atoms. The maximum Gasteiger partial charge on any atom is 0.344 e. The van der Waals surface area contributed by atoms with E-state index in [0.717, 1.165) is 11.3 Å². The number of amides is 1. The van der Waals surface area contributed by atoms with Crippen molar-refractivity contribution in [1.82, 2.24) is 5.32 Å². The van der Waals surface area contributed by atoms with Crippen LogP contribution in [-0.4, -0.2) is 34.9 Å². The molecule has 150 valence electrons. The molecule has 1 amide bonds. The largest absolute Gasteiger partial charge is 0.494 e. The van der Waals surface area contributed by atoms with Crippen molar-refractivity contribution in [2.75, 3.05) is 6.61 Å². The van der Waals surface area contributed by atoms with Crippen molar-refractivity contribution in [3.05, 3.63) is 59.0 Å². The zero-order valence-corrected chi connectivity index (χ0v) is 16.7. The van der Waals surface area contributed by atoms with Crippen LogP contribution in [0.3, 0.4) is 0 Å². The molecule has 0 aliphatic carbocycles. The molecule has 8 heteroatoms. The molecule has 7 nitrogen and oxygen atoms in total. The van der Waals surface area contributed by atoms with Crippen molar-refractivity contribution in [2.45, 2.75) is 20.0 Å². The Morgan fingerprint density at radius 1 is 1.17 bits per heavy atom. The van der Waals surface area contributed by atoms with Crippen LogP contribution in [0.15, 0.2) is 58.4 Å². The first-order valence-corrected chi connectivity index (χ1v) is 9.78. The molecule has 0 spiro atoms. The molecule has 1 saturated heterocycles. The number of carbonyl (C=O) groups is 2. The molecule has 1 heterocycles. The summed E-state index contributed by atoms with van der Waals surface area (Å²) in [5.74, 6) is -0.0391. The summed E-state index contributed by atoms with van der Waals surface area (Å²) in [7, 11) is 0. The number of ether oxygens (including phenoxy) is 2. The van der Waals surface area contributed by atoms with E-state index in [2.05, 4.69) is 10.3 Å². The van der Waals surface area contributed by atoms with Crippen LogP contribution in [0.25, 0.3) is 6.08 Å². The fourth-order valence-electron chi connectivity index (χ4n) is 2.43.